The van der Waals surface area contributed by atoms with Gasteiger partial charge in [0.15, 0.2) is 11.5 Å². The molecule has 2 rings (SSSR count). The lowest BCUT2D eigenvalue weighted by molar-refractivity contribution is 0.373. The molecule has 1 aromatic heterocycles. The van der Waals surface area contributed by atoms with E-state index in [1.54, 1.807) is 18.2 Å². The van der Waals surface area contributed by atoms with Crippen LogP contribution in [0, 0.1) is 0 Å². The maximum absolute atomic E-state index is 9.64. The first-order chi connectivity index (χ1) is 8.19. The molecule has 0 bridgehead atoms. The minimum atomic E-state index is 0.116. The summed E-state index contributed by atoms with van der Waals surface area (Å²) in [5.41, 5.74) is 1.73. The second-order valence-electron chi connectivity index (χ2n) is 3.52. The fourth-order valence-electron chi connectivity index (χ4n) is 1.52. The minimum Gasteiger partial charge on any atom is -0.504 e. The van der Waals surface area contributed by atoms with Crippen LogP contribution < -0.4 is 4.74 Å². The smallest absolute Gasteiger partial charge is 0.160 e. The maximum Gasteiger partial charge on any atom is 0.160 e. The molecular formula is C12H11ClN2O2. The highest BCUT2D eigenvalue weighted by molar-refractivity contribution is 6.29. The van der Waals surface area contributed by atoms with Gasteiger partial charge in [-0.1, -0.05) is 17.7 Å². The second kappa shape index (κ2) is 5.01. The van der Waals surface area contributed by atoms with E-state index in [1.807, 2.05) is 6.07 Å². The molecule has 2 aromatic rings. The number of rotatable bonds is 3. The molecular weight excluding hydrogens is 240 g/mol. The van der Waals surface area contributed by atoms with Crippen molar-refractivity contribution in [1.29, 1.82) is 0 Å². The van der Waals surface area contributed by atoms with Crippen molar-refractivity contribution in [2.45, 2.75) is 6.42 Å². The summed E-state index contributed by atoms with van der Waals surface area (Å²) in [6.07, 6.45) is 2.00. The molecule has 0 amide bonds. The number of methoxy groups -OCH3 is 1. The third-order valence-electron chi connectivity index (χ3n) is 2.32. The maximum atomic E-state index is 9.64. The lowest BCUT2D eigenvalue weighted by Gasteiger charge is -2.06. The largest absolute Gasteiger partial charge is 0.504 e. The molecule has 17 heavy (non-hydrogen) atoms. The van der Waals surface area contributed by atoms with Crippen LogP contribution in [0.2, 0.25) is 5.15 Å². The average molecular weight is 251 g/mol. The Morgan fingerprint density at radius 1 is 1.29 bits per heavy atom. The van der Waals surface area contributed by atoms with Gasteiger partial charge in [0.25, 0.3) is 0 Å². The Bertz CT molecular complexity index is 532. The van der Waals surface area contributed by atoms with E-state index in [1.165, 1.54) is 13.4 Å². The highest BCUT2D eigenvalue weighted by Gasteiger charge is 2.04. The van der Waals surface area contributed by atoms with E-state index in [4.69, 9.17) is 16.3 Å². The van der Waals surface area contributed by atoms with Crippen LogP contribution in [0.4, 0.5) is 0 Å². The summed E-state index contributed by atoms with van der Waals surface area (Å²) >= 11 is 5.77. The van der Waals surface area contributed by atoms with Crippen LogP contribution in [0.15, 0.2) is 30.6 Å². The number of aromatic hydroxyl groups is 1. The molecule has 0 atom stereocenters. The van der Waals surface area contributed by atoms with Crippen molar-refractivity contribution in [2.24, 2.45) is 0 Å². The van der Waals surface area contributed by atoms with Crippen molar-refractivity contribution >= 4 is 11.6 Å². The standard InChI is InChI=1S/C12H11ClN2O2/c1-17-11-3-2-8(5-10(11)16)4-9-6-12(13)15-7-14-9/h2-3,5-7,16H,4H2,1H3. The monoisotopic (exact) mass is 250 g/mol. The van der Waals surface area contributed by atoms with Crippen molar-refractivity contribution in [3.05, 3.63) is 47.0 Å². The predicted molar refractivity (Wildman–Crippen MR) is 64.5 cm³/mol. The lowest BCUT2D eigenvalue weighted by atomic mass is 10.1. The van der Waals surface area contributed by atoms with Gasteiger partial charge in [0.1, 0.15) is 11.5 Å². The second-order valence-corrected chi connectivity index (χ2v) is 3.90. The van der Waals surface area contributed by atoms with E-state index < -0.39 is 0 Å². The Hall–Kier alpha value is -1.81. The molecule has 0 aliphatic heterocycles. The first-order valence-corrected chi connectivity index (χ1v) is 5.39. The van der Waals surface area contributed by atoms with Crippen molar-refractivity contribution in [1.82, 2.24) is 9.97 Å². The van der Waals surface area contributed by atoms with Crippen LogP contribution in [0.25, 0.3) is 0 Å². The Morgan fingerprint density at radius 3 is 2.76 bits per heavy atom. The van der Waals surface area contributed by atoms with Crippen LogP contribution in [0.1, 0.15) is 11.3 Å². The van der Waals surface area contributed by atoms with Crippen LogP contribution in [0.3, 0.4) is 0 Å². The number of hydrogen-bond donors (Lipinski definition) is 1. The summed E-state index contributed by atoms with van der Waals surface area (Å²) < 4.78 is 4.97. The number of benzene rings is 1. The lowest BCUT2D eigenvalue weighted by Crippen LogP contribution is -1.93. The van der Waals surface area contributed by atoms with Gasteiger partial charge in [0.05, 0.1) is 7.11 Å². The quantitative estimate of drug-likeness (QED) is 0.850. The third kappa shape index (κ3) is 2.85. The topological polar surface area (TPSA) is 55.2 Å². The van der Waals surface area contributed by atoms with Gasteiger partial charge >= 0.3 is 0 Å². The zero-order valence-corrected chi connectivity index (χ0v) is 9.98. The van der Waals surface area contributed by atoms with Crippen molar-refractivity contribution < 1.29 is 9.84 Å². The molecule has 0 fully saturated rings. The minimum absolute atomic E-state index is 0.116. The van der Waals surface area contributed by atoms with Gasteiger partial charge in [0, 0.05) is 12.1 Å². The normalized spacial score (nSPS) is 10.2. The zero-order valence-electron chi connectivity index (χ0n) is 9.22. The molecule has 0 saturated carbocycles. The Labute approximate surface area is 104 Å². The van der Waals surface area contributed by atoms with Crippen LogP contribution >= 0.6 is 11.6 Å². The Morgan fingerprint density at radius 2 is 2.12 bits per heavy atom. The molecule has 4 nitrogen and oxygen atoms in total. The molecule has 0 aliphatic rings. The molecule has 1 N–H and O–H groups in total. The molecule has 0 spiro atoms. The van der Waals surface area contributed by atoms with E-state index in [-0.39, 0.29) is 5.75 Å². The van der Waals surface area contributed by atoms with E-state index in [0.29, 0.717) is 17.3 Å². The molecule has 0 unspecified atom stereocenters. The van der Waals surface area contributed by atoms with Gasteiger partial charge in [-0.25, -0.2) is 9.97 Å². The van der Waals surface area contributed by atoms with Crippen LogP contribution in [-0.4, -0.2) is 22.2 Å². The molecule has 1 aromatic carbocycles. The number of phenols is 1. The summed E-state index contributed by atoms with van der Waals surface area (Å²) in [6, 6.07) is 6.93. The number of aromatic nitrogens is 2. The van der Waals surface area contributed by atoms with E-state index in [0.717, 1.165) is 11.3 Å². The Balaban J connectivity index is 2.22. The summed E-state index contributed by atoms with van der Waals surface area (Å²) in [5, 5.41) is 10.1. The SMILES string of the molecule is COc1ccc(Cc2cc(Cl)ncn2)cc1O. The fourth-order valence-corrected chi connectivity index (χ4v) is 1.69. The molecule has 5 heteroatoms. The highest BCUT2D eigenvalue weighted by atomic mass is 35.5. The van der Waals surface area contributed by atoms with Crippen molar-refractivity contribution in [3.8, 4) is 11.5 Å². The van der Waals surface area contributed by atoms with Gasteiger partial charge < -0.3 is 9.84 Å². The van der Waals surface area contributed by atoms with E-state index >= 15 is 0 Å². The first kappa shape index (κ1) is 11.7. The fraction of sp³-hybridized carbons (Fsp3) is 0.167. The Kier molecular flexibility index (Phi) is 3.44. The third-order valence-corrected chi connectivity index (χ3v) is 2.53. The molecule has 0 radical (unpaired) electrons. The van der Waals surface area contributed by atoms with Crippen LogP contribution in [0.5, 0.6) is 11.5 Å². The highest BCUT2D eigenvalue weighted by Crippen LogP contribution is 2.27. The van der Waals surface area contributed by atoms with Crippen molar-refractivity contribution in [2.75, 3.05) is 7.11 Å². The molecule has 88 valence electrons. The van der Waals surface area contributed by atoms with E-state index in [9.17, 15) is 5.11 Å². The molecule has 0 aliphatic carbocycles. The van der Waals surface area contributed by atoms with Crippen molar-refractivity contribution in [3.63, 3.8) is 0 Å². The van der Waals surface area contributed by atoms with Gasteiger partial charge in [0.2, 0.25) is 0 Å². The van der Waals surface area contributed by atoms with Gasteiger partial charge in [-0.15, -0.1) is 0 Å². The number of ether oxygens (including phenoxy) is 1. The molecule has 0 saturated heterocycles. The number of nitrogens with zero attached hydrogens (tertiary/aromatic N) is 2. The number of halogens is 1. The van der Waals surface area contributed by atoms with E-state index in [2.05, 4.69) is 9.97 Å². The van der Waals surface area contributed by atoms with Gasteiger partial charge in [-0.05, 0) is 23.8 Å². The van der Waals surface area contributed by atoms with Crippen LogP contribution in [-0.2, 0) is 6.42 Å². The average Bonchev–Trinajstić information content (AvgIpc) is 2.29. The molecule has 1 heterocycles. The summed E-state index contributed by atoms with van der Waals surface area (Å²) in [4.78, 5) is 7.91. The summed E-state index contributed by atoms with van der Waals surface area (Å²) in [7, 11) is 1.51. The van der Waals surface area contributed by atoms with Gasteiger partial charge in [-0.3, -0.25) is 0 Å². The van der Waals surface area contributed by atoms with Gasteiger partial charge in [-0.2, -0.15) is 0 Å². The summed E-state index contributed by atoms with van der Waals surface area (Å²) in [6.45, 7) is 0. The predicted octanol–water partition coefficient (Wildman–Crippen LogP) is 2.44. The number of phenolic OH excluding ortho intramolecular Hbond substituents is 1. The number of hydrogen-bond acceptors (Lipinski definition) is 4. The summed E-state index contributed by atoms with van der Waals surface area (Å²) in [5.74, 6) is 0.569. The first-order valence-electron chi connectivity index (χ1n) is 5.01. The zero-order chi connectivity index (χ0) is 12.3.